The largest absolute Gasteiger partial charge is 0.508 e. The van der Waals surface area contributed by atoms with Gasteiger partial charge < -0.3 is 20.3 Å². The van der Waals surface area contributed by atoms with E-state index < -0.39 is 5.97 Å². The molecule has 1 aliphatic rings. The Hall–Kier alpha value is -3.19. The minimum atomic E-state index is -0.898. The van der Waals surface area contributed by atoms with E-state index >= 15 is 0 Å². The van der Waals surface area contributed by atoms with Crippen molar-refractivity contribution >= 4 is 22.7 Å². The van der Waals surface area contributed by atoms with Gasteiger partial charge in [-0.2, -0.15) is 0 Å². The molecule has 2 aromatic carbocycles. The topological polar surface area (TPSA) is 91.7 Å². The van der Waals surface area contributed by atoms with Crippen LogP contribution in [-0.2, 0) is 9.53 Å². The van der Waals surface area contributed by atoms with Crippen molar-refractivity contribution in [3.05, 3.63) is 53.3 Å². The number of phenols is 1. The molecule has 0 saturated carbocycles. The van der Waals surface area contributed by atoms with Gasteiger partial charge >= 0.3 is 5.97 Å². The second-order valence-electron chi connectivity index (χ2n) is 8.44. The molecule has 0 bridgehead atoms. The molecule has 0 aliphatic carbocycles. The summed E-state index contributed by atoms with van der Waals surface area (Å²) < 4.78 is 19.7. The lowest BCUT2D eigenvalue weighted by Crippen LogP contribution is -2.23. The first-order chi connectivity index (χ1) is 15.3. The van der Waals surface area contributed by atoms with Crippen LogP contribution >= 0.6 is 0 Å². The molecule has 1 aromatic heterocycles. The van der Waals surface area contributed by atoms with E-state index in [1.54, 1.807) is 32.0 Å². The Bertz CT molecular complexity index is 1160. The van der Waals surface area contributed by atoms with Gasteiger partial charge in [0.15, 0.2) is 0 Å². The second kappa shape index (κ2) is 9.12. The van der Waals surface area contributed by atoms with Crippen LogP contribution in [0.1, 0.15) is 43.2 Å². The number of phenolic OH excluding ortho intramolecular Hbond substituents is 1. The van der Waals surface area contributed by atoms with Crippen molar-refractivity contribution in [1.29, 1.82) is 0 Å². The predicted molar refractivity (Wildman–Crippen MR) is 122 cm³/mol. The average molecular weight is 438 g/mol. The third-order valence-corrected chi connectivity index (χ3v) is 5.95. The summed E-state index contributed by atoms with van der Waals surface area (Å²) >= 11 is 0. The number of carboxylic acid groups (broad SMARTS) is 1. The van der Waals surface area contributed by atoms with Crippen LogP contribution < -0.4 is 5.32 Å². The number of aliphatic carboxylic acids is 1. The van der Waals surface area contributed by atoms with Gasteiger partial charge in [0.1, 0.15) is 17.4 Å². The van der Waals surface area contributed by atoms with Crippen molar-refractivity contribution in [2.24, 2.45) is 0 Å². The van der Waals surface area contributed by atoms with E-state index in [1.165, 1.54) is 6.07 Å². The number of fused-ring (bicyclic) bond motifs is 1. The Morgan fingerprint density at radius 1 is 1.25 bits per heavy atom. The third kappa shape index (κ3) is 4.53. The van der Waals surface area contributed by atoms with Crippen molar-refractivity contribution in [3.8, 4) is 16.9 Å². The van der Waals surface area contributed by atoms with Crippen molar-refractivity contribution < 1.29 is 24.1 Å². The van der Waals surface area contributed by atoms with Gasteiger partial charge in [-0.3, -0.25) is 4.79 Å². The highest BCUT2D eigenvalue weighted by Crippen LogP contribution is 2.43. The van der Waals surface area contributed by atoms with E-state index in [2.05, 4.69) is 5.32 Å². The number of hydrogen-bond acceptors (Lipinski definition) is 5. The molecule has 1 fully saturated rings. The Labute approximate surface area is 186 Å². The number of nitrogens with zero attached hydrogens (tertiary/aromatic N) is 1. The van der Waals surface area contributed by atoms with Crippen molar-refractivity contribution in [3.63, 3.8) is 0 Å². The van der Waals surface area contributed by atoms with Crippen LogP contribution in [0.2, 0.25) is 0 Å². The quantitative estimate of drug-likeness (QED) is 0.489. The number of carboxylic acids is 1. The summed E-state index contributed by atoms with van der Waals surface area (Å²) in [6.07, 6.45) is 1.55. The van der Waals surface area contributed by atoms with Crippen LogP contribution in [0.4, 0.5) is 10.2 Å². The molecule has 168 valence electrons. The molecule has 0 amide bonds. The standard InChI is InChI=1S/C25H27FN2O4/c1-14-11-17(3-6-20(14)26)23-19-5-4-18(29)13-21(19)28-25(27-15(2)12-22(30)31)24(23)16-7-9-32-10-8-16/h3-6,11,13,15-16,29H,7-10,12H2,1-2H3,(H,27,28)(H,30,31)/t15-/m1/s1. The molecule has 1 aliphatic heterocycles. The van der Waals surface area contributed by atoms with E-state index in [-0.39, 0.29) is 29.9 Å². The Morgan fingerprint density at radius 2 is 2.00 bits per heavy atom. The maximum atomic E-state index is 14.1. The minimum Gasteiger partial charge on any atom is -0.508 e. The van der Waals surface area contributed by atoms with Crippen molar-refractivity contribution in [2.45, 2.75) is 45.1 Å². The molecule has 2 heterocycles. The number of rotatable bonds is 6. The molecular weight excluding hydrogens is 411 g/mol. The Kier molecular flexibility index (Phi) is 6.28. The highest BCUT2D eigenvalue weighted by Gasteiger charge is 2.27. The molecule has 32 heavy (non-hydrogen) atoms. The Morgan fingerprint density at radius 3 is 2.69 bits per heavy atom. The smallest absolute Gasteiger partial charge is 0.305 e. The molecule has 0 radical (unpaired) electrons. The first kappa shape index (κ1) is 22.0. The molecule has 7 heteroatoms. The molecule has 1 saturated heterocycles. The number of nitrogens with one attached hydrogen (secondary N) is 1. The normalized spacial score (nSPS) is 15.6. The molecule has 3 aromatic rings. The number of ether oxygens (including phenoxy) is 1. The maximum absolute atomic E-state index is 14.1. The fraction of sp³-hybridized carbons (Fsp3) is 0.360. The fourth-order valence-electron chi connectivity index (χ4n) is 4.42. The zero-order valence-electron chi connectivity index (χ0n) is 18.2. The summed E-state index contributed by atoms with van der Waals surface area (Å²) in [4.78, 5) is 16.1. The number of halogens is 1. The molecule has 0 unspecified atom stereocenters. The van der Waals surface area contributed by atoms with E-state index in [1.807, 2.05) is 12.1 Å². The number of carbonyl (C=O) groups is 1. The SMILES string of the molecule is Cc1cc(-c2c(C3CCOCC3)c(N[C@H](C)CC(=O)O)nc3cc(O)ccc23)ccc1F. The van der Waals surface area contributed by atoms with Crippen LogP contribution in [-0.4, -0.2) is 40.4 Å². The van der Waals surface area contributed by atoms with Gasteiger partial charge in [-0.25, -0.2) is 9.37 Å². The number of benzene rings is 2. The monoisotopic (exact) mass is 438 g/mol. The van der Waals surface area contributed by atoms with Gasteiger partial charge in [-0.05, 0) is 73.6 Å². The number of hydrogen-bond donors (Lipinski definition) is 3. The number of aryl methyl sites for hydroxylation is 1. The van der Waals surface area contributed by atoms with Crippen LogP contribution in [0.25, 0.3) is 22.0 Å². The van der Waals surface area contributed by atoms with Gasteiger partial charge in [0.2, 0.25) is 0 Å². The van der Waals surface area contributed by atoms with Gasteiger partial charge in [0.25, 0.3) is 0 Å². The highest BCUT2D eigenvalue weighted by atomic mass is 19.1. The van der Waals surface area contributed by atoms with Gasteiger partial charge in [-0.1, -0.05) is 6.07 Å². The first-order valence-corrected chi connectivity index (χ1v) is 10.8. The lowest BCUT2D eigenvalue weighted by molar-refractivity contribution is -0.137. The third-order valence-electron chi connectivity index (χ3n) is 5.95. The lowest BCUT2D eigenvalue weighted by atomic mass is 9.84. The van der Waals surface area contributed by atoms with E-state index in [0.29, 0.717) is 30.1 Å². The molecule has 0 spiro atoms. The molecule has 6 nitrogen and oxygen atoms in total. The fourth-order valence-corrected chi connectivity index (χ4v) is 4.42. The summed E-state index contributed by atoms with van der Waals surface area (Å²) in [6.45, 7) is 4.79. The summed E-state index contributed by atoms with van der Waals surface area (Å²) in [6, 6.07) is 9.75. The van der Waals surface area contributed by atoms with E-state index in [4.69, 9.17) is 9.72 Å². The minimum absolute atomic E-state index is 0.0576. The van der Waals surface area contributed by atoms with Crippen LogP contribution in [0.5, 0.6) is 5.75 Å². The molecular formula is C25H27FN2O4. The average Bonchev–Trinajstić information content (AvgIpc) is 2.74. The molecule has 1 atom stereocenters. The van der Waals surface area contributed by atoms with Crippen LogP contribution in [0, 0.1) is 12.7 Å². The van der Waals surface area contributed by atoms with Crippen LogP contribution in [0.15, 0.2) is 36.4 Å². The number of anilines is 1. The van der Waals surface area contributed by atoms with Crippen LogP contribution in [0.3, 0.4) is 0 Å². The van der Waals surface area contributed by atoms with Crippen molar-refractivity contribution in [2.75, 3.05) is 18.5 Å². The van der Waals surface area contributed by atoms with Gasteiger partial charge in [0, 0.05) is 36.3 Å². The first-order valence-electron chi connectivity index (χ1n) is 10.8. The summed E-state index contributed by atoms with van der Waals surface area (Å²) in [7, 11) is 0. The zero-order chi connectivity index (χ0) is 22.8. The van der Waals surface area contributed by atoms with E-state index in [9.17, 15) is 19.4 Å². The summed E-state index contributed by atoms with van der Waals surface area (Å²) in [5.41, 5.74) is 3.89. The predicted octanol–water partition coefficient (Wildman–Crippen LogP) is 5.22. The lowest BCUT2D eigenvalue weighted by Gasteiger charge is -2.29. The van der Waals surface area contributed by atoms with Gasteiger partial charge in [-0.15, -0.1) is 0 Å². The second-order valence-corrected chi connectivity index (χ2v) is 8.44. The van der Waals surface area contributed by atoms with Gasteiger partial charge in [0.05, 0.1) is 11.9 Å². The molecule has 3 N–H and O–H groups in total. The Balaban J connectivity index is 1.99. The number of aromatic hydroxyl groups is 1. The summed E-state index contributed by atoms with van der Waals surface area (Å²) in [5.74, 6) is -0.333. The van der Waals surface area contributed by atoms with E-state index in [0.717, 1.165) is 34.9 Å². The highest BCUT2D eigenvalue weighted by molar-refractivity contribution is 5.99. The summed E-state index contributed by atoms with van der Waals surface area (Å²) in [5, 5.41) is 23.5. The maximum Gasteiger partial charge on any atom is 0.305 e. The van der Waals surface area contributed by atoms with Crippen molar-refractivity contribution in [1.82, 2.24) is 4.98 Å². The number of pyridine rings is 1. The zero-order valence-corrected chi connectivity index (χ0v) is 18.2. The number of aromatic nitrogens is 1. The molecule has 4 rings (SSSR count).